The second kappa shape index (κ2) is 5.10. The van der Waals surface area contributed by atoms with Gasteiger partial charge in [-0.3, -0.25) is 0 Å². The highest BCUT2D eigenvalue weighted by Gasteiger charge is 2.63. The third-order valence-corrected chi connectivity index (χ3v) is 5.66. The molecule has 4 unspecified atom stereocenters. The Morgan fingerprint density at radius 2 is 1.94 bits per heavy atom. The van der Waals surface area contributed by atoms with Crippen LogP contribution in [0.25, 0.3) is 0 Å². The first-order chi connectivity index (χ1) is 7.66. The van der Waals surface area contributed by atoms with Gasteiger partial charge < -0.3 is 0 Å². The van der Waals surface area contributed by atoms with E-state index >= 15 is 0 Å². The van der Waals surface area contributed by atoms with Gasteiger partial charge in [-0.2, -0.15) is 0 Å². The van der Waals surface area contributed by atoms with Crippen molar-refractivity contribution >= 4 is 0 Å². The third-order valence-electron chi connectivity index (χ3n) is 5.66. The van der Waals surface area contributed by atoms with Crippen molar-refractivity contribution in [3.05, 3.63) is 0 Å². The highest BCUT2D eigenvalue weighted by molar-refractivity contribution is 5.12. The SMILES string of the molecule is CCC(C)CCCCCCC1CC2CC12C. The molecule has 0 aromatic rings. The molecular weight excluding hydrogens is 192 g/mol. The van der Waals surface area contributed by atoms with Crippen LogP contribution in [0, 0.1) is 23.2 Å². The molecule has 2 rings (SSSR count). The highest BCUT2D eigenvalue weighted by atomic mass is 14.7. The first-order valence-electron chi connectivity index (χ1n) is 7.66. The smallest absolute Gasteiger partial charge is 0.0266 e. The van der Waals surface area contributed by atoms with E-state index in [9.17, 15) is 0 Å². The van der Waals surface area contributed by atoms with Gasteiger partial charge in [0.15, 0.2) is 0 Å². The maximum atomic E-state index is 2.52. The third kappa shape index (κ3) is 2.63. The Hall–Kier alpha value is 0. The number of fused-ring (bicyclic) bond motifs is 1. The van der Waals surface area contributed by atoms with Gasteiger partial charge in [-0.05, 0) is 42.4 Å². The van der Waals surface area contributed by atoms with E-state index in [0.29, 0.717) is 0 Å². The van der Waals surface area contributed by atoms with E-state index < -0.39 is 0 Å². The lowest BCUT2D eigenvalue weighted by atomic mass is 9.72. The fourth-order valence-corrected chi connectivity index (χ4v) is 3.67. The molecule has 0 radical (unpaired) electrons. The van der Waals surface area contributed by atoms with E-state index in [0.717, 1.165) is 23.2 Å². The van der Waals surface area contributed by atoms with Gasteiger partial charge in [0.05, 0.1) is 0 Å². The monoisotopic (exact) mass is 222 g/mol. The number of hydrogen-bond donors (Lipinski definition) is 0. The lowest BCUT2D eigenvalue weighted by molar-refractivity contribution is 0.161. The molecule has 0 heterocycles. The van der Waals surface area contributed by atoms with Crippen LogP contribution in [0.2, 0.25) is 0 Å². The topological polar surface area (TPSA) is 0 Å². The summed E-state index contributed by atoms with van der Waals surface area (Å²) in [6.07, 6.45) is 13.4. The summed E-state index contributed by atoms with van der Waals surface area (Å²) >= 11 is 0. The molecule has 0 aromatic heterocycles. The highest BCUT2D eigenvalue weighted by Crippen LogP contribution is 2.71. The Balaban J connectivity index is 1.41. The van der Waals surface area contributed by atoms with Gasteiger partial charge >= 0.3 is 0 Å². The first kappa shape index (κ1) is 12.5. The minimum atomic E-state index is 0.844. The van der Waals surface area contributed by atoms with Crippen LogP contribution in [0.4, 0.5) is 0 Å². The minimum absolute atomic E-state index is 0.844. The Kier molecular flexibility index (Phi) is 3.97. The van der Waals surface area contributed by atoms with E-state index in [2.05, 4.69) is 20.8 Å². The lowest BCUT2D eigenvalue weighted by Gasteiger charge is -2.33. The van der Waals surface area contributed by atoms with Crippen LogP contribution in [-0.4, -0.2) is 0 Å². The molecule has 0 spiro atoms. The summed E-state index contributed by atoms with van der Waals surface area (Å²) in [6.45, 7) is 7.23. The average Bonchev–Trinajstić information content (AvgIpc) is 2.81. The van der Waals surface area contributed by atoms with Crippen LogP contribution in [0.3, 0.4) is 0 Å². The van der Waals surface area contributed by atoms with Crippen molar-refractivity contribution < 1.29 is 0 Å². The summed E-state index contributed by atoms with van der Waals surface area (Å²) < 4.78 is 0. The Morgan fingerprint density at radius 3 is 2.50 bits per heavy atom. The van der Waals surface area contributed by atoms with E-state index in [1.54, 1.807) is 12.8 Å². The van der Waals surface area contributed by atoms with Crippen molar-refractivity contribution in [3.8, 4) is 0 Å². The largest absolute Gasteiger partial charge is 0.0651 e. The van der Waals surface area contributed by atoms with E-state index in [-0.39, 0.29) is 0 Å². The predicted octanol–water partition coefficient (Wildman–Crippen LogP) is 5.42. The summed E-state index contributed by atoms with van der Waals surface area (Å²) in [4.78, 5) is 0. The van der Waals surface area contributed by atoms with Crippen molar-refractivity contribution in [1.29, 1.82) is 0 Å². The molecule has 0 aromatic carbocycles. The fraction of sp³-hybridized carbons (Fsp3) is 1.00. The van der Waals surface area contributed by atoms with Crippen LogP contribution >= 0.6 is 0 Å². The Morgan fingerprint density at radius 1 is 1.19 bits per heavy atom. The summed E-state index contributed by atoms with van der Waals surface area (Å²) in [6, 6.07) is 0. The second-order valence-electron chi connectivity index (χ2n) is 6.84. The van der Waals surface area contributed by atoms with Crippen LogP contribution in [0.5, 0.6) is 0 Å². The van der Waals surface area contributed by atoms with Crippen molar-refractivity contribution in [1.82, 2.24) is 0 Å². The van der Waals surface area contributed by atoms with Gasteiger partial charge in [-0.15, -0.1) is 0 Å². The first-order valence-corrected chi connectivity index (χ1v) is 7.66. The normalized spacial score (nSPS) is 37.7. The van der Waals surface area contributed by atoms with Crippen molar-refractivity contribution in [3.63, 3.8) is 0 Å². The van der Waals surface area contributed by atoms with Gasteiger partial charge in [0.25, 0.3) is 0 Å². The number of hydrogen-bond acceptors (Lipinski definition) is 0. The van der Waals surface area contributed by atoms with E-state index in [1.807, 2.05) is 0 Å². The molecule has 0 amide bonds. The molecule has 94 valence electrons. The number of rotatable bonds is 8. The van der Waals surface area contributed by atoms with E-state index in [1.165, 1.54) is 44.9 Å². The van der Waals surface area contributed by atoms with Crippen LogP contribution in [0.1, 0.15) is 78.6 Å². The van der Waals surface area contributed by atoms with Crippen molar-refractivity contribution in [2.75, 3.05) is 0 Å². The molecule has 0 bridgehead atoms. The molecule has 0 saturated heterocycles. The summed E-state index contributed by atoms with van der Waals surface area (Å²) in [5.74, 6) is 3.23. The molecule has 2 aliphatic carbocycles. The maximum Gasteiger partial charge on any atom is -0.0266 e. The van der Waals surface area contributed by atoms with Gasteiger partial charge in [0, 0.05) is 0 Å². The summed E-state index contributed by atoms with van der Waals surface area (Å²) in [5.41, 5.74) is 0.844. The molecule has 2 saturated carbocycles. The zero-order valence-corrected chi connectivity index (χ0v) is 11.6. The van der Waals surface area contributed by atoms with Gasteiger partial charge in [-0.25, -0.2) is 0 Å². The quantitative estimate of drug-likeness (QED) is 0.481. The molecule has 0 nitrogen and oxygen atoms in total. The zero-order chi connectivity index (χ0) is 11.6. The molecule has 16 heavy (non-hydrogen) atoms. The molecular formula is C16H30. The minimum Gasteiger partial charge on any atom is -0.0651 e. The zero-order valence-electron chi connectivity index (χ0n) is 11.6. The Bertz CT molecular complexity index is 220. The van der Waals surface area contributed by atoms with Crippen LogP contribution in [-0.2, 0) is 0 Å². The van der Waals surface area contributed by atoms with Crippen molar-refractivity contribution in [2.45, 2.75) is 78.6 Å². The molecule has 4 atom stereocenters. The molecule has 0 N–H and O–H groups in total. The Labute approximate surface area is 102 Å². The van der Waals surface area contributed by atoms with Gasteiger partial charge in [0.2, 0.25) is 0 Å². The van der Waals surface area contributed by atoms with Gasteiger partial charge in [0.1, 0.15) is 0 Å². The van der Waals surface area contributed by atoms with Crippen molar-refractivity contribution in [2.24, 2.45) is 23.2 Å². The fourth-order valence-electron chi connectivity index (χ4n) is 3.67. The number of unbranched alkanes of at least 4 members (excludes halogenated alkanes) is 3. The molecule has 0 heteroatoms. The molecule has 0 aliphatic heterocycles. The van der Waals surface area contributed by atoms with Crippen LogP contribution in [0.15, 0.2) is 0 Å². The standard InChI is InChI=1S/C16H30/c1-4-13(2)9-7-5-6-8-10-14-11-15-12-16(14,15)3/h13-15H,4-12H2,1-3H3. The summed E-state index contributed by atoms with van der Waals surface area (Å²) in [5, 5.41) is 0. The maximum absolute atomic E-state index is 2.52. The lowest BCUT2D eigenvalue weighted by Crippen LogP contribution is -2.25. The van der Waals surface area contributed by atoms with E-state index in [4.69, 9.17) is 0 Å². The average molecular weight is 222 g/mol. The molecule has 2 fully saturated rings. The summed E-state index contributed by atoms with van der Waals surface area (Å²) in [7, 11) is 0. The predicted molar refractivity (Wildman–Crippen MR) is 71.5 cm³/mol. The second-order valence-corrected chi connectivity index (χ2v) is 6.84. The molecule has 2 aliphatic rings. The van der Waals surface area contributed by atoms with Crippen LogP contribution < -0.4 is 0 Å². The van der Waals surface area contributed by atoms with Gasteiger partial charge in [-0.1, -0.05) is 59.3 Å².